The number of hydrogen-bond acceptors (Lipinski definition) is 2. The Kier molecular flexibility index (Phi) is 2.93. The molecule has 2 nitrogen and oxygen atoms in total. The molecule has 1 saturated heterocycles. The largest absolute Gasteiger partial charge is 0.376 e. The average Bonchev–Trinajstić information content (AvgIpc) is 2.49. The molecule has 2 rings (SSSR count). The van der Waals surface area contributed by atoms with E-state index in [4.69, 9.17) is 10.5 Å². The summed E-state index contributed by atoms with van der Waals surface area (Å²) in [4.78, 5) is 0. The molecule has 1 fully saturated rings. The van der Waals surface area contributed by atoms with Gasteiger partial charge in [0.05, 0.1) is 6.10 Å². The van der Waals surface area contributed by atoms with Gasteiger partial charge in [-0.2, -0.15) is 0 Å². The second-order valence-corrected chi connectivity index (χ2v) is 4.98. The van der Waals surface area contributed by atoms with E-state index >= 15 is 0 Å². The maximum Gasteiger partial charge on any atom is 0.0758 e. The average molecular weight is 195 g/mol. The zero-order chi connectivity index (χ0) is 10.1. The van der Waals surface area contributed by atoms with E-state index in [2.05, 4.69) is 19.9 Å². The van der Waals surface area contributed by atoms with Gasteiger partial charge in [-0.1, -0.05) is 18.6 Å². The molecule has 0 aromatic carbocycles. The summed E-state index contributed by atoms with van der Waals surface area (Å²) >= 11 is 0. The molecule has 0 spiro atoms. The van der Waals surface area contributed by atoms with Gasteiger partial charge in [-0.3, -0.25) is 0 Å². The van der Waals surface area contributed by atoms with E-state index in [-0.39, 0.29) is 6.04 Å². The van der Waals surface area contributed by atoms with Crippen molar-refractivity contribution in [3.8, 4) is 0 Å². The van der Waals surface area contributed by atoms with Crippen LogP contribution in [0.1, 0.15) is 33.1 Å². The van der Waals surface area contributed by atoms with E-state index in [1.165, 1.54) is 18.4 Å². The molecule has 0 aromatic rings. The fourth-order valence-electron chi connectivity index (χ4n) is 2.96. The van der Waals surface area contributed by atoms with Crippen LogP contribution in [0.15, 0.2) is 11.6 Å². The van der Waals surface area contributed by atoms with Crippen molar-refractivity contribution >= 4 is 0 Å². The summed E-state index contributed by atoms with van der Waals surface area (Å²) in [6, 6.07) is 0.276. The molecule has 0 radical (unpaired) electrons. The van der Waals surface area contributed by atoms with E-state index < -0.39 is 0 Å². The topological polar surface area (TPSA) is 35.2 Å². The van der Waals surface area contributed by atoms with Crippen molar-refractivity contribution in [1.82, 2.24) is 0 Å². The van der Waals surface area contributed by atoms with Gasteiger partial charge in [0.15, 0.2) is 0 Å². The third-order valence-corrected chi connectivity index (χ3v) is 3.48. The van der Waals surface area contributed by atoms with E-state index in [0.717, 1.165) is 13.0 Å². The molecule has 4 atom stereocenters. The van der Waals surface area contributed by atoms with Crippen LogP contribution < -0.4 is 5.73 Å². The molecule has 0 amide bonds. The fraction of sp³-hybridized carbons (Fsp3) is 0.833. The normalized spacial score (nSPS) is 43.8. The minimum Gasteiger partial charge on any atom is -0.376 e. The first kappa shape index (κ1) is 10.2. The number of ether oxygens (including phenoxy) is 1. The fourth-order valence-corrected chi connectivity index (χ4v) is 2.96. The van der Waals surface area contributed by atoms with Gasteiger partial charge in [0, 0.05) is 12.6 Å². The SMILES string of the molecule is CC1=CC(C)CC(C2OCCC2N)C1. The van der Waals surface area contributed by atoms with Gasteiger partial charge in [-0.25, -0.2) is 0 Å². The minimum absolute atomic E-state index is 0.276. The molecule has 0 aromatic heterocycles. The maximum absolute atomic E-state index is 6.06. The summed E-state index contributed by atoms with van der Waals surface area (Å²) in [7, 11) is 0. The Hall–Kier alpha value is -0.340. The number of rotatable bonds is 1. The first-order valence-corrected chi connectivity index (χ1v) is 5.71. The van der Waals surface area contributed by atoms with Gasteiger partial charge in [0.2, 0.25) is 0 Å². The number of hydrogen-bond donors (Lipinski definition) is 1. The van der Waals surface area contributed by atoms with Gasteiger partial charge >= 0.3 is 0 Å². The maximum atomic E-state index is 6.06. The van der Waals surface area contributed by atoms with Crippen LogP contribution in [0.25, 0.3) is 0 Å². The molecule has 1 aliphatic heterocycles. The van der Waals surface area contributed by atoms with Crippen molar-refractivity contribution in [2.75, 3.05) is 6.61 Å². The molecule has 0 bridgehead atoms. The third-order valence-electron chi connectivity index (χ3n) is 3.48. The lowest BCUT2D eigenvalue weighted by Crippen LogP contribution is -2.38. The molecule has 2 heteroatoms. The number of allylic oxidation sites excluding steroid dienone is 2. The first-order valence-electron chi connectivity index (χ1n) is 5.71. The highest BCUT2D eigenvalue weighted by molar-refractivity contribution is 5.08. The van der Waals surface area contributed by atoms with Crippen molar-refractivity contribution in [2.45, 2.75) is 45.3 Å². The van der Waals surface area contributed by atoms with Gasteiger partial charge in [0.1, 0.15) is 0 Å². The van der Waals surface area contributed by atoms with E-state index in [1.54, 1.807) is 0 Å². The van der Waals surface area contributed by atoms with E-state index in [9.17, 15) is 0 Å². The predicted molar refractivity (Wildman–Crippen MR) is 58.0 cm³/mol. The van der Waals surface area contributed by atoms with Crippen LogP contribution in [0.2, 0.25) is 0 Å². The Labute approximate surface area is 86.5 Å². The van der Waals surface area contributed by atoms with Gasteiger partial charge in [0.25, 0.3) is 0 Å². The summed E-state index contributed by atoms with van der Waals surface area (Å²) in [5.41, 5.74) is 7.57. The Bertz CT molecular complexity index is 236. The summed E-state index contributed by atoms with van der Waals surface area (Å²) in [6.07, 6.45) is 6.18. The van der Waals surface area contributed by atoms with Gasteiger partial charge < -0.3 is 10.5 Å². The summed E-state index contributed by atoms with van der Waals surface area (Å²) in [5, 5.41) is 0. The third kappa shape index (κ3) is 2.01. The summed E-state index contributed by atoms with van der Waals surface area (Å²) < 4.78 is 5.75. The minimum atomic E-state index is 0.276. The van der Waals surface area contributed by atoms with Crippen LogP contribution in [-0.4, -0.2) is 18.8 Å². The molecule has 2 aliphatic rings. The highest BCUT2D eigenvalue weighted by Crippen LogP contribution is 2.34. The number of nitrogens with two attached hydrogens (primary N) is 1. The van der Waals surface area contributed by atoms with Crippen LogP contribution in [0.3, 0.4) is 0 Å². The summed E-state index contributed by atoms with van der Waals surface area (Å²) in [5.74, 6) is 1.36. The molecule has 2 N–H and O–H groups in total. The van der Waals surface area contributed by atoms with Crippen LogP contribution >= 0.6 is 0 Å². The molecule has 0 saturated carbocycles. The lowest BCUT2D eigenvalue weighted by Gasteiger charge is -2.31. The lowest BCUT2D eigenvalue weighted by molar-refractivity contribution is 0.0464. The molecule has 80 valence electrons. The molecule has 1 heterocycles. The first-order chi connectivity index (χ1) is 6.66. The Morgan fingerprint density at radius 2 is 2.29 bits per heavy atom. The highest BCUT2D eigenvalue weighted by Gasteiger charge is 2.34. The quantitative estimate of drug-likeness (QED) is 0.650. The second-order valence-electron chi connectivity index (χ2n) is 4.98. The van der Waals surface area contributed by atoms with Crippen LogP contribution in [-0.2, 0) is 4.74 Å². The van der Waals surface area contributed by atoms with Crippen molar-refractivity contribution in [2.24, 2.45) is 17.6 Å². The zero-order valence-electron chi connectivity index (χ0n) is 9.20. The summed E-state index contributed by atoms with van der Waals surface area (Å²) in [6.45, 7) is 5.37. The van der Waals surface area contributed by atoms with Crippen LogP contribution in [0.5, 0.6) is 0 Å². The lowest BCUT2D eigenvalue weighted by atomic mass is 9.79. The van der Waals surface area contributed by atoms with Crippen molar-refractivity contribution in [3.05, 3.63) is 11.6 Å². The van der Waals surface area contributed by atoms with Crippen molar-refractivity contribution in [3.63, 3.8) is 0 Å². The molecular weight excluding hydrogens is 174 g/mol. The predicted octanol–water partition coefficient (Wildman–Crippen LogP) is 2.09. The van der Waals surface area contributed by atoms with E-state index in [0.29, 0.717) is 17.9 Å². The van der Waals surface area contributed by atoms with Crippen LogP contribution in [0, 0.1) is 11.8 Å². The highest BCUT2D eigenvalue weighted by atomic mass is 16.5. The van der Waals surface area contributed by atoms with Gasteiger partial charge in [-0.15, -0.1) is 0 Å². The molecule has 1 aliphatic carbocycles. The second kappa shape index (κ2) is 4.03. The monoisotopic (exact) mass is 195 g/mol. The van der Waals surface area contributed by atoms with Crippen LogP contribution in [0.4, 0.5) is 0 Å². The molecular formula is C12H21NO. The smallest absolute Gasteiger partial charge is 0.0758 e. The van der Waals surface area contributed by atoms with Crippen molar-refractivity contribution in [1.29, 1.82) is 0 Å². The Morgan fingerprint density at radius 1 is 1.50 bits per heavy atom. The van der Waals surface area contributed by atoms with Crippen molar-refractivity contribution < 1.29 is 4.74 Å². The van der Waals surface area contributed by atoms with Gasteiger partial charge in [-0.05, 0) is 38.0 Å². The zero-order valence-corrected chi connectivity index (χ0v) is 9.20. The van der Waals surface area contributed by atoms with E-state index in [1.807, 2.05) is 0 Å². The standard InChI is InChI=1S/C12H21NO/c1-8-5-9(2)7-10(6-8)12-11(13)3-4-14-12/h5,8,10-12H,3-4,6-7,13H2,1-2H3. The Balaban J connectivity index is 2.02. The Morgan fingerprint density at radius 3 is 2.86 bits per heavy atom. The molecule has 14 heavy (non-hydrogen) atoms. The molecule has 4 unspecified atom stereocenters.